The number of benzene rings is 1. The number of fused-ring (bicyclic) bond motifs is 1. The highest BCUT2D eigenvalue weighted by Gasteiger charge is 2.34. The number of methoxy groups -OCH3 is 1. The second-order valence-corrected chi connectivity index (χ2v) is 3.50. The lowest BCUT2D eigenvalue weighted by atomic mass is 10.1. The summed E-state index contributed by atoms with van der Waals surface area (Å²) in [6.45, 7) is 0. The van der Waals surface area contributed by atoms with E-state index in [2.05, 4.69) is 14.7 Å². The van der Waals surface area contributed by atoms with Crippen LogP contribution in [0.25, 0.3) is 11.0 Å². The third kappa shape index (κ3) is 1.96. The molecule has 0 atom stereocenters. The van der Waals surface area contributed by atoms with E-state index in [0.717, 1.165) is 13.2 Å². The van der Waals surface area contributed by atoms with Crippen molar-refractivity contribution >= 4 is 11.0 Å². The zero-order valence-electron chi connectivity index (χ0n) is 9.01. The first-order valence-electron chi connectivity index (χ1n) is 4.74. The lowest BCUT2D eigenvalue weighted by Crippen LogP contribution is -2.29. The topological polar surface area (TPSA) is 75.0 Å². The molecule has 96 valence electrons. The summed E-state index contributed by atoms with van der Waals surface area (Å²) in [5, 5.41) is 0. The van der Waals surface area contributed by atoms with Gasteiger partial charge in [0, 0.05) is 6.07 Å². The van der Waals surface area contributed by atoms with Crippen LogP contribution < -0.4 is 15.9 Å². The normalized spacial score (nSPS) is 11.8. The molecule has 0 aliphatic carbocycles. The molecule has 2 N–H and O–H groups in total. The van der Waals surface area contributed by atoms with Crippen LogP contribution in [0.2, 0.25) is 0 Å². The van der Waals surface area contributed by atoms with Crippen LogP contribution in [0.15, 0.2) is 21.7 Å². The molecule has 0 amide bonds. The first kappa shape index (κ1) is 12.2. The van der Waals surface area contributed by atoms with E-state index in [1.807, 2.05) is 0 Å². The van der Waals surface area contributed by atoms with E-state index < -0.39 is 28.6 Å². The van der Waals surface area contributed by atoms with E-state index in [9.17, 15) is 22.8 Å². The molecule has 1 aromatic heterocycles. The monoisotopic (exact) mass is 260 g/mol. The van der Waals surface area contributed by atoms with Gasteiger partial charge in [-0.3, -0.25) is 9.59 Å². The van der Waals surface area contributed by atoms with Gasteiger partial charge in [-0.15, -0.1) is 0 Å². The maximum absolute atomic E-state index is 12.7. The van der Waals surface area contributed by atoms with Crippen molar-refractivity contribution in [2.45, 2.75) is 6.18 Å². The van der Waals surface area contributed by atoms with Crippen LogP contribution in [-0.4, -0.2) is 17.1 Å². The summed E-state index contributed by atoms with van der Waals surface area (Å²) in [6, 6.07) is 1.72. The van der Waals surface area contributed by atoms with Gasteiger partial charge in [0.2, 0.25) is 0 Å². The third-order valence-electron chi connectivity index (χ3n) is 2.35. The predicted octanol–water partition coefficient (Wildman–Crippen LogP) is 1.24. The minimum Gasteiger partial charge on any atom is -0.496 e. The minimum atomic E-state index is -4.62. The minimum absolute atomic E-state index is 0.0597. The molecule has 0 fully saturated rings. The number of aromatic amines is 2. The molecule has 0 bridgehead atoms. The number of halogens is 3. The lowest BCUT2D eigenvalue weighted by molar-refractivity contribution is -0.138. The fourth-order valence-corrected chi connectivity index (χ4v) is 1.54. The van der Waals surface area contributed by atoms with Crippen molar-refractivity contribution in [2.75, 3.05) is 7.11 Å². The smallest absolute Gasteiger partial charge is 0.420 e. The first-order chi connectivity index (χ1) is 8.32. The number of hydrogen-bond donors (Lipinski definition) is 2. The Labute approximate surface area is 97.2 Å². The Morgan fingerprint density at radius 1 is 1.06 bits per heavy atom. The molecular formula is C10H7F3N2O3. The van der Waals surface area contributed by atoms with Crippen molar-refractivity contribution in [3.8, 4) is 5.75 Å². The predicted molar refractivity (Wildman–Crippen MR) is 56.7 cm³/mol. The molecule has 0 unspecified atom stereocenters. The molecule has 0 aliphatic rings. The molecule has 5 nitrogen and oxygen atoms in total. The molecule has 1 heterocycles. The Balaban J connectivity index is 2.86. The van der Waals surface area contributed by atoms with Crippen molar-refractivity contribution in [3.05, 3.63) is 38.4 Å². The molecule has 0 aliphatic heterocycles. The molecule has 1 aromatic carbocycles. The number of rotatable bonds is 1. The number of nitrogens with one attached hydrogen (secondary N) is 2. The van der Waals surface area contributed by atoms with Crippen molar-refractivity contribution in [2.24, 2.45) is 0 Å². The average molecular weight is 260 g/mol. The maximum Gasteiger partial charge on any atom is 0.420 e. The van der Waals surface area contributed by atoms with Gasteiger partial charge in [-0.2, -0.15) is 13.2 Å². The van der Waals surface area contributed by atoms with Crippen LogP contribution in [0.1, 0.15) is 5.56 Å². The molecule has 8 heteroatoms. The summed E-state index contributed by atoms with van der Waals surface area (Å²) < 4.78 is 42.7. The van der Waals surface area contributed by atoms with Gasteiger partial charge in [0.05, 0.1) is 23.7 Å². The van der Waals surface area contributed by atoms with Gasteiger partial charge in [-0.1, -0.05) is 0 Å². The van der Waals surface area contributed by atoms with E-state index >= 15 is 0 Å². The van der Waals surface area contributed by atoms with Gasteiger partial charge < -0.3 is 14.7 Å². The van der Waals surface area contributed by atoms with Crippen LogP contribution in [0.4, 0.5) is 13.2 Å². The highest BCUT2D eigenvalue weighted by atomic mass is 19.4. The second kappa shape index (κ2) is 3.90. The zero-order valence-corrected chi connectivity index (χ0v) is 9.01. The largest absolute Gasteiger partial charge is 0.496 e. The molecule has 18 heavy (non-hydrogen) atoms. The summed E-state index contributed by atoms with van der Waals surface area (Å²) in [7, 11) is 1.08. The molecule has 0 radical (unpaired) electrons. The number of alkyl halides is 3. The Kier molecular flexibility index (Phi) is 2.64. The maximum atomic E-state index is 12.7. The molecule has 0 spiro atoms. The number of aromatic nitrogens is 2. The molecule has 0 saturated carbocycles. The SMILES string of the molecule is COc1cc2[nH]c(=O)c(=O)[nH]c2cc1C(F)(F)F. The Bertz CT molecular complexity index is 715. The van der Waals surface area contributed by atoms with Gasteiger partial charge in [-0.05, 0) is 6.07 Å². The first-order valence-corrected chi connectivity index (χ1v) is 4.74. The molecule has 2 rings (SSSR count). The summed E-state index contributed by atoms with van der Waals surface area (Å²) in [5.74, 6) is -0.433. The lowest BCUT2D eigenvalue weighted by Gasteiger charge is -2.12. The van der Waals surface area contributed by atoms with E-state index in [-0.39, 0.29) is 11.0 Å². The van der Waals surface area contributed by atoms with Crippen LogP contribution in [0, 0.1) is 0 Å². The van der Waals surface area contributed by atoms with Gasteiger partial charge >= 0.3 is 17.3 Å². The van der Waals surface area contributed by atoms with Gasteiger partial charge in [0.1, 0.15) is 5.75 Å². The molecule has 0 saturated heterocycles. The highest BCUT2D eigenvalue weighted by Crippen LogP contribution is 2.37. The summed E-state index contributed by atoms with van der Waals surface area (Å²) in [5.41, 5.74) is -3.04. The van der Waals surface area contributed by atoms with Crippen molar-refractivity contribution < 1.29 is 17.9 Å². The fourth-order valence-electron chi connectivity index (χ4n) is 1.54. The number of hydrogen-bond acceptors (Lipinski definition) is 3. The van der Waals surface area contributed by atoms with Crippen molar-refractivity contribution in [3.63, 3.8) is 0 Å². The quantitative estimate of drug-likeness (QED) is 0.757. The van der Waals surface area contributed by atoms with E-state index in [0.29, 0.717) is 6.07 Å². The Morgan fingerprint density at radius 3 is 2.00 bits per heavy atom. The van der Waals surface area contributed by atoms with Gasteiger partial charge in [0.15, 0.2) is 0 Å². The van der Waals surface area contributed by atoms with Gasteiger partial charge in [-0.25, -0.2) is 0 Å². The standard InChI is InChI=1S/C10H7F3N2O3/c1-18-7-3-6-5(2-4(7)10(11,12)13)14-8(16)9(17)15-6/h2-3H,1H3,(H,14,16)(H,15,17). The van der Waals surface area contributed by atoms with Crippen LogP contribution in [0.5, 0.6) is 5.75 Å². The van der Waals surface area contributed by atoms with Crippen molar-refractivity contribution in [1.29, 1.82) is 0 Å². The van der Waals surface area contributed by atoms with E-state index in [1.54, 1.807) is 0 Å². The van der Waals surface area contributed by atoms with Crippen molar-refractivity contribution in [1.82, 2.24) is 9.97 Å². The van der Waals surface area contributed by atoms with Gasteiger partial charge in [0.25, 0.3) is 0 Å². The molecular weight excluding hydrogens is 253 g/mol. The van der Waals surface area contributed by atoms with Crippen LogP contribution in [0.3, 0.4) is 0 Å². The fraction of sp³-hybridized carbons (Fsp3) is 0.200. The zero-order chi connectivity index (χ0) is 13.5. The number of H-pyrrole nitrogens is 2. The molecule has 2 aromatic rings. The van der Waals surface area contributed by atoms with E-state index in [4.69, 9.17) is 0 Å². The number of ether oxygens (including phenoxy) is 1. The van der Waals surface area contributed by atoms with Crippen LogP contribution in [-0.2, 0) is 6.18 Å². The highest BCUT2D eigenvalue weighted by molar-refractivity contribution is 5.77. The van der Waals surface area contributed by atoms with Crippen LogP contribution >= 0.6 is 0 Å². The van der Waals surface area contributed by atoms with E-state index in [1.165, 1.54) is 0 Å². The third-order valence-corrected chi connectivity index (χ3v) is 2.35. The summed E-state index contributed by atoms with van der Waals surface area (Å²) in [6.07, 6.45) is -4.62. The Morgan fingerprint density at radius 2 is 1.56 bits per heavy atom. The summed E-state index contributed by atoms with van der Waals surface area (Å²) in [4.78, 5) is 26.3. The average Bonchev–Trinajstić information content (AvgIpc) is 2.28. The summed E-state index contributed by atoms with van der Waals surface area (Å²) >= 11 is 0. The second-order valence-electron chi connectivity index (χ2n) is 3.50. The Hall–Kier alpha value is -2.25.